The normalized spacial score (nSPS) is 11.0. The van der Waals surface area contributed by atoms with E-state index in [1.54, 1.807) is 12.3 Å². The fraction of sp³-hybridized carbons (Fsp3) is 0.263. The van der Waals surface area contributed by atoms with Gasteiger partial charge in [-0.15, -0.1) is 0 Å². The standard InChI is InChI=1S/C19H22N4O/c1-4-14-7-5-6-8-15(14)10-21-17-9-16(18(20)24)11-23-13(3)12(2)22-19(17)23/h5-9,11,21H,4,10H2,1-3H3,(H2,20,24). The number of aryl methyl sites for hydroxylation is 3. The van der Waals surface area contributed by atoms with Gasteiger partial charge in [-0.25, -0.2) is 4.98 Å². The Hall–Kier alpha value is -2.82. The summed E-state index contributed by atoms with van der Waals surface area (Å²) in [5.74, 6) is -0.445. The number of primary amides is 1. The first-order valence-electron chi connectivity index (χ1n) is 8.11. The van der Waals surface area contributed by atoms with E-state index < -0.39 is 5.91 Å². The minimum atomic E-state index is -0.445. The predicted octanol–water partition coefficient (Wildman–Crippen LogP) is 3.22. The minimum absolute atomic E-state index is 0.445. The van der Waals surface area contributed by atoms with Crippen molar-refractivity contribution < 1.29 is 4.79 Å². The van der Waals surface area contributed by atoms with Gasteiger partial charge in [-0.05, 0) is 37.5 Å². The van der Waals surface area contributed by atoms with E-state index in [-0.39, 0.29) is 0 Å². The zero-order chi connectivity index (χ0) is 17.3. The number of nitrogens with zero attached hydrogens (tertiary/aromatic N) is 2. The zero-order valence-corrected chi connectivity index (χ0v) is 14.3. The van der Waals surface area contributed by atoms with Crippen LogP contribution in [-0.4, -0.2) is 15.3 Å². The molecule has 1 aromatic carbocycles. The smallest absolute Gasteiger partial charge is 0.250 e. The van der Waals surface area contributed by atoms with Crippen molar-refractivity contribution in [2.75, 3.05) is 5.32 Å². The molecule has 1 amide bonds. The van der Waals surface area contributed by atoms with Crippen LogP contribution in [0.15, 0.2) is 36.5 Å². The Balaban J connectivity index is 2.02. The lowest BCUT2D eigenvalue weighted by atomic mass is 10.1. The maximum atomic E-state index is 11.7. The van der Waals surface area contributed by atoms with Gasteiger partial charge in [0.25, 0.3) is 0 Å². The number of hydrogen-bond donors (Lipinski definition) is 2. The Morgan fingerprint density at radius 1 is 1.25 bits per heavy atom. The number of imidazole rings is 1. The molecule has 2 aromatic heterocycles. The van der Waals surface area contributed by atoms with Crippen LogP contribution >= 0.6 is 0 Å². The van der Waals surface area contributed by atoms with Crippen LogP contribution in [0.25, 0.3) is 5.65 Å². The van der Waals surface area contributed by atoms with E-state index in [9.17, 15) is 4.79 Å². The van der Waals surface area contributed by atoms with E-state index in [0.717, 1.165) is 29.1 Å². The average molecular weight is 322 g/mol. The van der Waals surface area contributed by atoms with E-state index >= 15 is 0 Å². The lowest BCUT2D eigenvalue weighted by molar-refractivity contribution is 0.1000. The Morgan fingerprint density at radius 2 is 1.96 bits per heavy atom. The monoisotopic (exact) mass is 322 g/mol. The maximum absolute atomic E-state index is 11.7. The Morgan fingerprint density at radius 3 is 2.62 bits per heavy atom. The molecule has 0 aliphatic heterocycles. The second-order valence-electron chi connectivity index (χ2n) is 5.96. The quantitative estimate of drug-likeness (QED) is 0.757. The average Bonchev–Trinajstić information content (AvgIpc) is 2.87. The largest absolute Gasteiger partial charge is 0.378 e. The lowest BCUT2D eigenvalue weighted by Crippen LogP contribution is -2.13. The summed E-state index contributed by atoms with van der Waals surface area (Å²) < 4.78 is 1.92. The number of carbonyl (C=O) groups excluding carboxylic acids is 1. The summed E-state index contributed by atoms with van der Waals surface area (Å²) in [5, 5.41) is 3.42. The van der Waals surface area contributed by atoms with E-state index in [0.29, 0.717) is 12.1 Å². The third-order valence-corrected chi connectivity index (χ3v) is 4.45. The molecule has 0 bridgehead atoms. The molecule has 5 heteroatoms. The number of hydrogen-bond acceptors (Lipinski definition) is 3. The molecule has 2 heterocycles. The van der Waals surface area contributed by atoms with Gasteiger partial charge in [-0.2, -0.15) is 0 Å². The number of benzene rings is 1. The Labute approximate surface area is 141 Å². The van der Waals surface area contributed by atoms with Crippen molar-refractivity contribution in [2.45, 2.75) is 33.7 Å². The summed E-state index contributed by atoms with van der Waals surface area (Å²) in [6, 6.07) is 10.1. The van der Waals surface area contributed by atoms with Crippen molar-refractivity contribution in [3.05, 3.63) is 64.6 Å². The van der Waals surface area contributed by atoms with Crippen LogP contribution in [0.1, 0.15) is 39.8 Å². The molecule has 0 saturated carbocycles. The molecule has 0 aliphatic rings. The molecule has 0 fully saturated rings. The number of amides is 1. The van der Waals surface area contributed by atoms with Crippen molar-refractivity contribution in [2.24, 2.45) is 5.73 Å². The third kappa shape index (κ3) is 2.85. The number of rotatable bonds is 5. The summed E-state index contributed by atoms with van der Waals surface area (Å²) in [4.78, 5) is 16.3. The molecule has 0 aliphatic carbocycles. The molecule has 0 atom stereocenters. The van der Waals surface area contributed by atoms with E-state index in [2.05, 4.69) is 35.4 Å². The SMILES string of the molecule is CCc1ccccc1CNc1cc(C(N)=O)cn2c(C)c(C)nc12. The molecule has 5 nitrogen and oxygen atoms in total. The lowest BCUT2D eigenvalue weighted by Gasteiger charge is -2.12. The highest BCUT2D eigenvalue weighted by atomic mass is 16.1. The Bertz CT molecular complexity index is 911. The van der Waals surface area contributed by atoms with Crippen molar-refractivity contribution >= 4 is 17.2 Å². The fourth-order valence-electron chi connectivity index (χ4n) is 2.90. The number of pyridine rings is 1. The first-order valence-corrected chi connectivity index (χ1v) is 8.11. The molecule has 0 spiro atoms. The number of fused-ring (bicyclic) bond motifs is 1. The summed E-state index contributed by atoms with van der Waals surface area (Å²) >= 11 is 0. The van der Waals surface area contributed by atoms with E-state index in [1.807, 2.05) is 24.3 Å². The minimum Gasteiger partial charge on any atom is -0.378 e. The molecular formula is C19H22N4O. The van der Waals surface area contributed by atoms with Gasteiger partial charge in [0.2, 0.25) is 5.91 Å². The van der Waals surface area contributed by atoms with Gasteiger partial charge < -0.3 is 15.5 Å². The van der Waals surface area contributed by atoms with Gasteiger partial charge in [0.15, 0.2) is 5.65 Å². The van der Waals surface area contributed by atoms with Crippen LogP contribution in [0.4, 0.5) is 5.69 Å². The third-order valence-electron chi connectivity index (χ3n) is 4.45. The van der Waals surface area contributed by atoms with Crippen LogP contribution in [0.2, 0.25) is 0 Å². The second-order valence-corrected chi connectivity index (χ2v) is 5.96. The zero-order valence-electron chi connectivity index (χ0n) is 14.3. The molecule has 124 valence electrons. The molecule has 3 aromatic rings. The van der Waals surface area contributed by atoms with Crippen LogP contribution in [0.3, 0.4) is 0 Å². The second kappa shape index (κ2) is 6.35. The summed E-state index contributed by atoms with van der Waals surface area (Å²) in [7, 11) is 0. The molecule has 3 N–H and O–H groups in total. The molecule has 0 radical (unpaired) electrons. The summed E-state index contributed by atoms with van der Waals surface area (Å²) in [5.41, 5.74) is 12.1. The predicted molar refractivity (Wildman–Crippen MR) is 96.3 cm³/mol. The van der Waals surface area contributed by atoms with Crippen molar-refractivity contribution in [3.8, 4) is 0 Å². The number of nitrogens with one attached hydrogen (secondary N) is 1. The van der Waals surface area contributed by atoms with Crippen LogP contribution < -0.4 is 11.1 Å². The van der Waals surface area contributed by atoms with E-state index in [1.165, 1.54) is 11.1 Å². The van der Waals surface area contributed by atoms with Crippen LogP contribution in [-0.2, 0) is 13.0 Å². The molecule has 0 saturated heterocycles. The number of nitrogens with two attached hydrogens (primary N) is 1. The maximum Gasteiger partial charge on any atom is 0.250 e. The summed E-state index contributed by atoms with van der Waals surface area (Å²) in [6.45, 7) is 6.76. The summed E-state index contributed by atoms with van der Waals surface area (Å²) in [6.07, 6.45) is 2.73. The van der Waals surface area contributed by atoms with Gasteiger partial charge >= 0.3 is 0 Å². The number of aromatic nitrogens is 2. The molecule has 24 heavy (non-hydrogen) atoms. The van der Waals surface area contributed by atoms with E-state index in [4.69, 9.17) is 5.73 Å². The highest BCUT2D eigenvalue weighted by Gasteiger charge is 2.13. The molecule has 3 rings (SSSR count). The highest BCUT2D eigenvalue weighted by Crippen LogP contribution is 2.23. The number of carbonyl (C=O) groups is 1. The number of anilines is 1. The van der Waals surface area contributed by atoms with Crippen LogP contribution in [0, 0.1) is 13.8 Å². The first kappa shape index (κ1) is 16.1. The van der Waals surface area contributed by atoms with Crippen molar-refractivity contribution in [3.63, 3.8) is 0 Å². The van der Waals surface area contributed by atoms with Crippen LogP contribution in [0.5, 0.6) is 0 Å². The Kier molecular flexibility index (Phi) is 4.25. The fourth-order valence-corrected chi connectivity index (χ4v) is 2.90. The van der Waals surface area contributed by atoms with Crippen molar-refractivity contribution in [1.82, 2.24) is 9.38 Å². The van der Waals surface area contributed by atoms with Crippen molar-refractivity contribution in [1.29, 1.82) is 0 Å². The van der Waals surface area contributed by atoms with Gasteiger partial charge in [-0.3, -0.25) is 4.79 Å². The van der Waals surface area contributed by atoms with Gasteiger partial charge in [0, 0.05) is 18.4 Å². The van der Waals surface area contributed by atoms with Gasteiger partial charge in [0.05, 0.1) is 16.9 Å². The highest BCUT2D eigenvalue weighted by molar-refractivity contribution is 5.94. The molecule has 0 unspecified atom stereocenters. The van der Waals surface area contributed by atoms with Gasteiger partial charge in [-0.1, -0.05) is 31.2 Å². The molecular weight excluding hydrogens is 300 g/mol. The topological polar surface area (TPSA) is 72.4 Å². The first-order chi connectivity index (χ1) is 11.5. The van der Waals surface area contributed by atoms with Gasteiger partial charge in [0.1, 0.15) is 0 Å².